The van der Waals surface area contributed by atoms with Crippen LogP contribution in [0.15, 0.2) is 12.1 Å². The van der Waals surface area contributed by atoms with Gasteiger partial charge in [-0.1, -0.05) is 55.1 Å². The van der Waals surface area contributed by atoms with Crippen LogP contribution in [-0.4, -0.2) is 12.6 Å². The highest BCUT2D eigenvalue weighted by atomic mass is 35.5. The molecule has 1 unspecified atom stereocenters. The van der Waals surface area contributed by atoms with Gasteiger partial charge in [-0.15, -0.1) is 0 Å². The largest absolute Gasteiger partial charge is 0.462 e. The van der Waals surface area contributed by atoms with Crippen LogP contribution in [0.1, 0.15) is 49.9 Å². The summed E-state index contributed by atoms with van der Waals surface area (Å²) in [6.45, 7) is 4.73. The van der Waals surface area contributed by atoms with Gasteiger partial charge in [0.2, 0.25) is 0 Å². The average molecular weight is 350 g/mol. The van der Waals surface area contributed by atoms with Gasteiger partial charge in [0.25, 0.3) is 0 Å². The Balaban J connectivity index is 1.99. The fourth-order valence-corrected chi connectivity index (χ4v) is 3.49. The van der Waals surface area contributed by atoms with Gasteiger partial charge in [-0.25, -0.2) is 4.79 Å². The zero-order valence-corrected chi connectivity index (χ0v) is 14.5. The Morgan fingerprint density at radius 2 is 2.00 bits per heavy atom. The number of ether oxygens (including phenoxy) is 1. The van der Waals surface area contributed by atoms with E-state index in [0.717, 1.165) is 6.42 Å². The zero-order valence-electron chi connectivity index (χ0n) is 12.2. The first-order valence-electron chi connectivity index (χ1n) is 7.21. The number of esters is 1. The Labute approximate surface area is 140 Å². The number of hydrogen-bond acceptors (Lipinski definition) is 2. The van der Waals surface area contributed by atoms with Gasteiger partial charge < -0.3 is 4.74 Å². The molecule has 0 aliphatic heterocycles. The predicted molar refractivity (Wildman–Crippen MR) is 87.5 cm³/mol. The predicted octanol–water partition coefficient (Wildman–Crippen LogP) is 6.02. The number of halogens is 3. The molecule has 21 heavy (non-hydrogen) atoms. The molecule has 1 atom stereocenters. The van der Waals surface area contributed by atoms with Gasteiger partial charge in [0.05, 0.1) is 22.2 Å². The second-order valence-corrected chi connectivity index (χ2v) is 7.08. The van der Waals surface area contributed by atoms with Gasteiger partial charge in [0.15, 0.2) is 0 Å². The molecule has 1 aliphatic rings. The van der Waals surface area contributed by atoms with Crippen molar-refractivity contribution in [1.82, 2.24) is 0 Å². The minimum atomic E-state index is -0.469. The van der Waals surface area contributed by atoms with Crippen molar-refractivity contribution in [3.05, 3.63) is 32.8 Å². The van der Waals surface area contributed by atoms with Crippen molar-refractivity contribution in [3.8, 4) is 0 Å². The molecule has 1 fully saturated rings. The van der Waals surface area contributed by atoms with Crippen molar-refractivity contribution in [2.75, 3.05) is 6.61 Å². The SMILES string of the molecule is CCCC1(C(C)COC(=O)c2cc(Cl)cc(Cl)c2Cl)CC1. The van der Waals surface area contributed by atoms with Crippen molar-refractivity contribution >= 4 is 40.8 Å². The molecule has 0 N–H and O–H groups in total. The minimum absolute atomic E-state index is 0.188. The molecule has 1 saturated carbocycles. The van der Waals surface area contributed by atoms with Crippen molar-refractivity contribution in [2.24, 2.45) is 11.3 Å². The molecule has 2 rings (SSSR count). The Morgan fingerprint density at radius 3 is 2.57 bits per heavy atom. The third-order valence-corrected chi connectivity index (χ3v) is 5.38. The highest BCUT2D eigenvalue weighted by Gasteiger charge is 2.46. The summed E-state index contributed by atoms with van der Waals surface area (Å²) in [5, 5.41) is 0.816. The van der Waals surface area contributed by atoms with E-state index in [2.05, 4.69) is 13.8 Å². The Morgan fingerprint density at radius 1 is 1.33 bits per heavy atom. The summed E-state index contributed by atoms with van der Waals surface area (Å²) >= 11 is 17.9. The van der Waals surface area contributed by atoms with Gasteiger partial charge in [-0.3, -0.25) is 0 Å². The van der Waals surface area contributed by atoms with Crippen LogP contribution >= 0.6 is 34.8 Å². The van der Waals surface area contributed by atoms with Crippen LogP contribution in [0.25, 0.3) is 0 Å². The van der Waals surface area contributed by atoms with Gasteiger partial charge in [0.1, 0.15) is 0 Å². The molecule has 0 spiro atoms. The first kappa shape index (κ1) is 16.9. The maximum atomic E-state index is 12.2. The van der Waals surface area contributed by atoms with Crippen LogP contribution in [0.5, 0.6) is 0 Å². The molecule has 1 aromatic carbocycles. The summed E-state index contributed by atoms with van der Waals surface area (Å²) in [6, 6.07) is 2.99. The zero-order chi connectivity index (χ0) is 15.6. The van der Waals surface area contributed by atoms with Crippen LogP contribution in [0.2, 0.25) is 15.1 Å². The fraction of sp³-hybridized carbons (Fsp3) is 0.562. The average Bonchev–Trinajstić information content (AvgIpc) is 3.21. The lowest BCUT2D eigenvalue weighted by atomic mass is 9.87. The number of rotatable bonds is 6. The Bertz CT molecular complexity index is 539. The van der Waals surface area contributed by atoms with Crippen LogP contribution in [-0.2, 0) is 4.74 Å². The van der Waals surface area contributed by atoms with E-state index in [9.17, 15) is 4.79 Å². The van der Waals surface area contributed by atoms with E-state index < -0.39 is 5.97 Å². The van der Waals surface area contributed by atoms with Crippen LogP contribution in [0.4, 0.5) is 0 Å². The third-order valence-electron chi connectivity index (χ3n) is 4.36. The summed E-state index contributed by atoms with van der Waals surface area (Å²) in [5.74, 6) is -0.113. The van der Waals surface area contributed by atoms with E-state index >= 15 is 0 Å². The second kappa shape index (κ2) is 6.76. The van der Waals surface area contributed by atoms with Gasteiger partial charge in [-0.05, 0) is 42.7 Å². The summed E-state index contributed by atoms with van der Waals surface area (Å²) in [7, 11) is 0. The van der Waals surface area contributed by atoms with Crippen LogP contribution in [0, 0.1) is 11.3 Å². The van der Waals surface area contributed by atoms with Crippen molar-refractivity contribution in [2.45, 2.75) is 39.5 Å². The summed E-state index contributed by atoms with van der Waals surface area (Å²) in [5.41, 5.74) is 0.590. The van der Waals surface area contributed by atoms with E-state index in [-0.39, 0.29) is 15.6 Å². The molecule has 5 heteroatoms. The molecule has 1 aliphatic carbocycles. The van der Waals surface area contributed by atoms with Crippen LogP contribution in [0.3, 0.4) is 0 Å². The second-order valence-electron chi connectivity index (χ2n) is 5.86. The molecule has 0 radical (unpaired) electrons. The number of hydrogen-bond donors (Lipinski definition) is 0. The minimum Gasteiger partial charge on any atom is -0.462 e. The van der Waals surface area contributed by atoms with E-state index in [0.29, 0.717) is 23.0 Å². The fourth-order valence-electron chi connectivity index (χ4n) is 2.81. The lowest BCUT2D eigenvalue weighted by Crippen LogP contribution is -2.21. The maximum absolute atomic E-state index is 12.2. The summed E-state index contributed by atoms with van der Waals surface area (Å²) in [6.07, 6.45) is 4.80. The molecule has 0 heterocycles. The van der Waals surface area contributed by atoms with Gasteiger partial charge in [0, 0.05) is 5.02 Å². The Hall–Kier alpha value is -0.440. The van der Waals surface area contributed by atoms with Crippen molar-refractivity contribution in [3.63, 3.8) is 0 Å². The monoisotopic (exact) mass is 348 g/mol. The molecule has 1 aromatic rings. The summed E-state index contributed by atoms with van der Waals surface area (Å²) in [4.78, 5) is 12.2. The quantitative estimate of drug-likeness (QED) is 0.463. The topological polar surface area (TPSA) is 26.3 Å². The lowest BCUT2D eigenvalue weighted by Gasteiger charge is -2.22. The smallest absolute Gasteiger partial charge is 0.339 e. The molecular formula is C16H19Cl3O2. The standard InChI is InChI=1S/C16H19Cl3O2/c1-3-4-16(5-6-16)10(2)9-21-15(20)12-7-11(17)8-13(18)14(12)19/h7-8,10H,3-6,9H2,1-2H3. The number of carbonyl (C=O) groups excluding carboxylic acids is 1. The maximum Gasteiger partial charge on any atom is 0.339 e. The highest BCUT2D eigenvalue weighted by molar-refractivity contribution is 6.45. The molecule has 116 valence electrons. The van der Waals surface area contributed by atoms with Crippen LogP contribution < -0.4 is 0 Å². The molecule has 0 amide bonds. The third kappa shape index (κ3) is 3.85. The summed E-state index contributed by atoms with van der Waals surface area (Å²) < 4.78 is 5.41. The van der Waals surface area contributed by atoms with E-state index in [1.165, 1.54) is 31.4 Å². The van der Waals surface area contributed by atoms with Crippen molar-refractivity contribution < 1.29 is 9.53 Å². The Kier molecular flexibility index (Phi) is 5.45. The highest BCUT2D eigenvalue weighted by Crippen LogP contribution is 2.55. The number of carbonyl (C=O) groups is 1. The van der Waals surface area contributed by atoms with Gasteiger partial charge in [-0.2, -0.15) is 0 Å². The first-order valence-corrected chi connectivity index (χ1v) is 8.34. The lowest BCUT2D eigenvalue weighted by molar-refractivity contribution is 0.0386. The molecule has 0 aromatic heterocycles. The molecule has 0 bridgehead atoms. The first-order chi connectivity index (χ1) is 9.89. The van der Waals surface area contributed by atoms with Crippen molar-refractivity contribution in [1.29, 1.82) is 0 Å². The number of benzene rings is 1. The van der Waals surface area contributed by atoms with Gasteiger partial charge >= 0.3 is 5.97 Å². The van der Waals surface area contributed by atoms with E-state index in [4.69, 9.17) is 39.5 Å². The molecule has 0 saturated heterocycles. The normalized spacial score (nSPS) is 17.4. The molecule has 2 nitrogen and oxygen atoms in total. The van der Waals surface area contributed by atoms with E-state index in [1.54, 1.807) is 0 Å². The van der Waals surface area contributed by atoms with E-state index in [1.807, 2.05) is 0 Å². The molecular weight excluding hydrogens is 331 g/mol.